The summed E-state index contributed by atoms with van der Waals surface area (Å²) >= 11 is 0. The number of carbonyl (C=O) groups excluding carboxylic acids is 1. The van der Waals surface area contributed by atoms with E-state index >= 15 is 0 Å². The smallest absolute Gasteiger partial charge is 0.326 e. The van der Waals surface area contributed by atoms with E-state index in [1.54, 1.807) is 13.0 Å². The average molecular weight is 239 g/mol. The second-order valence-electron chi connectivity index (χ2n) is 3.88. The molecule has 92 valence electrons. The van der Waals surface area contributed by atoms with E-state index in [0.717, 1.165) is 0 Å². The van der Waals surface area contributed by atoms with E-state index in [2.05, 4.69) is 5.32 Å². The Labute approximate surface area is 98.5 Å². The van der Waals surface area contributed by atoms with Crippen LogP contribution < -0.4 is 5.32 Å². The highest BCUT2D eigenvalue weighted by atomic mass is 19.1. The predicted octanol–water partition coefficient (Wildman–Crippen LogP) is 1.27. The van der Waals surface area contributed by atoms with Gasteiger partial charge in [-0.15, -0.1) is 0 Å². The van der Waals surface area contributed by atoms with Gasteiger partial charge in [-0.05, 0) is 24.1 Å². The van der Waals surface area contributed by atoms with Crippen LogP contribution in [0.5, 0.6) is 0 Å². The Morgan fingerprint density at radius 3 is 2.59 bits per heavy atom. The third kappa shape index (κ3) is 3.86. The highest BCUT2D eigenvalue weighted by Gasteiger charge is 2.18. The topological polar surface area (TPSA) is 66.4 Å². The van der Waals surface area contributed by atoms with Crippen LogP contribution in [0.1, 0.15) is 18.1 Å². The normalized spacial score (nSPS) is 11.9. The fraction of sp³-hybridized carbons (Fsp3) is 0.333. The number of carboxylic acid groups (broad SMARTS) is 1. The number of hydrogen-bond donors (Lipinski definition) is 2. The Balaban J connectivity index is 2.82. The molecule has 0 aliphatic rings. The van der Waals surface area contributed by atoms with Gasteiger partial charge in [0.2, 0.25) is 5.91 Å². The number of aliphatic carboxylic acids is 1. The number of rotatable bonds is 4. The summed E-state index contributed by atoms with van der Waals surface area (Å²) in [5.41, 5.74) is 1.12. The van der Waals surface area contributed by atoms with Crippen LogP contribution in [0.15, 0.2) is 18.2 Å². The van der Waals surface area contributed by atoms with Crippen molar-refractivity contribution in [1.82, 2.24) is 5.32 Å². The van der Waals surface area contributed by atoms with E-state index in [1.165, 1.54) is 19.1 Å². The number of benzene rings is 1. The molecule has 0 spiro atoms. The van der Waals surface area contributed by atoms with Crippen LogP contribution in [-0.2, 0) is 16.0 Å². The first kappa shape index (κ1) is 13.2. The second kappa shape index (κ2) is 5.43. The van der Waals surface area contributed by atoms with Crippen LogP contribution in [0, 0.1) is 12.7 Å². The van der Waals surface area contributed by atoms with Crippen LogP contribution in [0.4, 0.5) is 4.39 Å². The maximum Gasteiger partial charge on any atom is 0.326 e. The molecule has 0 bridgehead atoms. The zero-order valence-corrected chi connectivity index (χ0v) is 9.66. The maximum absolute atomic E-state index is 13.0. The van der Waals surface area contributed by atoms with Gasteiger partial charge in [0.05, 0.1) is 0 Å². The SMILES string of the molecule is CC(=O)N[C@@H](Cc1ccc(F)c(C)c1)C(=O)O. The Kier molecular flexibility index (Phi) is 4.20. The van der Waals surface area contributed by atoms with Crippen molar-refractivity contribution in [2.24, 2.45) is 0 Å². The van der Waals surface area contributed by atoms with Crippen LogP contribution in [0.3, 0.4) is 0 Å². The molecular weight excluding hydrogens is 225 g/mol. The van der Waals surface area contributed by atoms with Crippen molar-refractivity contribution in [2.45, 2.75) is 26.3 Å². The Morgan fingerprint density at radius 2 is 2.12 bits per heavy atom. The second-order valence-corrected chi connectivity index (χ2v) is 3.88. The van der Waals surface area contributed by atoms with Crippen LogP contribution in [0.2, 0.25) is 0 Å². The molecule has 2 N–H and O–H groups in total. The number of carboxylic acids is 1. The molecule has 17 heavy (non-hydrogen) atoms. The van der Waals surface area contributed by atoms with Crippen molar-refractivity contribution in [3.63, 3.8) is 0 Å². The van der Waals surface area contributed by atoms with Gasteiger partial charge in [-0.3, -0.25) is 4.79 Å². The fourth-order valence-corrected chi connectivity index (χ4v) is 1.51. The molecule has 0 aliphatic heterocycles. The molecule has 1 amide bonds. The van der Waals surface area contributed by atoms with Crippen LogP contribution in [-0.4, -0.2) is 23.0 Å². The molecule has 4 nitrogen and oxygen atoms in total. The third-order valence-electron chi connectivity index (χ3n) is 2.34. The van der Waals surface area contributed by atoms with E-state index in [1.807, 2.05) is 0 Å². The van der Waals surface area contributed by atoms with Crippen molar-refractivity contribution in [1.29, 1.82) is 0 Å². The minimum absolute atomic E-state index is 0.135. The first-order chi connectivity index (χ1) is 7.90. The number of carbonyl (C=O) groups is 2. The van der Waals surface area contributed by atoms with Gasteiger partial charge in [-0.25, -0.2) is 9.18 Å². The molecule has 1 rings (SSSR count). The highest BCUT2D eigenvalue weighted by Crippen LogP contribution is 2.11. The number of aryl methyl sites for hydroxylation is 1. The van der Waals surface area contributed by atoms with Gasteiger partial charge < -0.3 is 10.4 Å². The van der Waals surface area contributed by atoms with Gasteiger partial charge in [-0.1, -0.05) is 12.1 Å². The molecule has 1 aromatic carbocycles. The molecular formula is C12H14FNO3. The van der Waals surface area contributed by atoms with E-state index in [9.17, 15) is 14.0 Å². The first-order valence-electron chi connectivity index (χ1n) is 5.15. The molecule has 0 unspecified atom stereocenters. The summed E-state index contributed by atoms with van der Waals surface area (Å²) in [7, 11) is 0. The summed E-state index contributed by atoms with van der Waals surface area (Å²) in [5, 5.41) is 11.2. The largest absolute Gasteiger partial charge is 0.480 e. The summed E-state index contributed by atoms with van der Waals surface area (Å²) in [6.07, 6.45) is 0.135. The molecule has 1 atom stereocenters. The standard InChI is InChI=1S/C12H14FNO3/c1-7-5-9(3-4-10(7)13)6-11(12(16)17)14-8(2)15/h3-5,11H,6H2,1-2H3,(H,14,15)(H,16,17)/t11-/m0/s1. The first-order valence-corrected chi connectivity index (χ1v) is 5.15. The zero-order chi connectivity index (χ0) is 13.0. The predicted molar refractivity (Wildman–Crippen MR) is 60.1 cm³/mol. The lowest BCUT2D eigenvalue weighted by Gasteiger charge is -2.13. The third-order valence-corrected chi connectivity index (χ3v) is 2.34. The molecule has 5 heteroatoms. The molecule has 0 saturated carbocycles. The minimum atomic E-state index is -1.11. The summed E-state index contributed by atoms with van der Waals surface area (Å²) in [6, 6.07) is 3.39. The Morgan fingerprint density at radius 1 is 1.47 bits per heavy atom. The van der Waals surface area contributed by atoms with Crippen molar-refractivity contribution in [3.8, 4) is 0 Å². The molecule has 1 aromatic rings. The van der Waals surface area contributed by atoms with Crippen molar-refractivity contribution in [2.75, 3.05) is 0 Å². The van der Waals surface area contributed by atoms with Crippen LogP contribution >= 0.6 is 0 Å². The molecule has 0 aromatic heterocycles. The quantitative estimate of drug-likeness (QED) is 0.831. The average Bonchev–Trinajstić information content (AvgIpc) is 2.21. The van der Waals surface area contributed by atoms with Crippen molar-refractivity contribution in [3.05, 3.63) is 35.1 Å². The van der Waals surface area contributed by atoms with E-state index in [0.29, 0.717) is 11.1 Å². The summed E-state index contributed by atoms with van der Waals surface area (Å²) in [6.45, 7) is 2.86. The number of nitrogens with one attached hydrogen (secondary N) is 1. The van der Waals surface area contributed by atoms with E-state index in [-0.39, 0.29) is 12.2 Å². The molecule has 0 radical (unpaired) electrons. The van der Waals surface area contributed by atoms with Crippen molar-refractivity contribution >= 4 is 11.9 Å². The molecule has 0 aliphatic carbocycles. The van der Waals surface area contributed by atoms with E-state index < -0.39 is 17.9 Å². The lowest BCUT2D eigenvalue weighted by molar-refractivity contribution is -0.141. The maximum atomic E-state index is 13.0. The zero-order valence-electron chi connectivity index (χ0n) is 9.66. The molecule has 0 saturated heterocycles. The number of hydrogen-bond acceptors (Lipinski definition) is 2. The summed E-state index contributed by atoms with van der Waals surface area (Å²) in [4.78, 5) is 21.7. The summed E-state index contributed by atoms with van der Waals surface area (Å²) in [5.74, 6) is -1.85. The Bertz CT molecular complexity index is 445. The van der Waals surface area contributed by atoms with E-state index in [4.69, 9.17) is 5.11 Å². The molecule has 0 fully saturated rings. The lowest BCUT2D eigenvalue weighted by atomic mass is 10.0. The van der Waals surface area contributed by atoms with Crippen LogP contribution in [0.25, 0.3) is 0 Å². The highest BCUT2D eigenvalue weighted by molar-refractivity contribution is 5.82. The lowest BCUT2D eigenvalue weighted by Crippen LogP contribution is -2.41. The monoisotopic (exact) mass is 239 g/mol. The van der Waals surface area contributed by atoms with Gasteiger partial charge in [0.15, 0.2) is 0 Å². The van der Waals surface area contributed by atoms with Gasteiger partial charge in [0, 0.05) is 13.3 Å². The number of amides is 1. The van der Waals surface area contributed by atoms with Gasteiger partial charge >= 0.3 is 5.97 Å². The van der Waals surface area contributed by atoms with Gasteiger partial charge in [-0.2, -0.15) is 0 Å². The summed E-state index contributed by atoms with van der Waals surface area (Å²) < 4.78 is 13.0. The van der Waals surface area contributed by atoms with Gasteiger partial charge in [0.25, 0.3) is 0 Å². The molecule has 0 heterocycles. The Hall–Kier alpha value is -1.91. The minimum Gasteiger partial charge on any atom is -0.480 e. The number of halogens is 1. The van der Waals surface area contributed by atoms with Crippen molar-refractivity contribution < 1.29 is 19.1 Å². The van der Waals surface area contributed by atoms with Gasteiger partial charge in [0.1, 0.15) is 11.9 Å². The fourth-order valence-electron chi connectivity index (χ4n) is 1.51.